The lowest BCUT2D eigenvalue weighted by Gasteiger charge is -2.13. The molecular weight excluding hydrogens is 382 g/mol. The Kier molecular flexibility index (Phi) is 7.16. The predicted molar refractivity (Wildman–Crippen MR) is 113 cm³/mol. The molecule has 1 amide bonds. The quantitative estimate of drug-likeness (QED) is 0.504. The Labute approximate surface area is 166 Å². The van der Waals surface area contributed by atoms with Crippen LogP contribution in [0.15, 0.2) is 56.7 Å². The van der Waals surface area contributed by atoms with E-state index in [2.05, 4.69) is 9.36 Å². The molecule has 0 aliphatic rings. The molecule has 0 saturated heterocycles. The molecule has 1 atom stereocenters. The molecule has 7 heteroatoms. The summed E-state index contributed by atoms with van der Waals surface area (Å²) in [5.74, 6) is -0.283. The fourth-order valence-electron chi connectivity index (χ4n) is 2.37. The molecule has 0 aliphatic carbocycles. The van der Waals surface area contributed by atoms with E-state index in [4.69, 9.17) is 11.6 Å². The molecule has 27 heavy (non-hydrogen) atoms. The lowest BCUT2D eigenvalue weighted by atomic mass is 10.2. The summed E-state index contributed by atoms with van der Waals surface area (Å²) in [6.45, 7) is 6.41. The molecule has 1 unspecified atom stereocenters. The highest BCUT2D eigenvalue weighted by molar-refractivity contribution is 7.94. The van der Waals surface area contributed by atoms with Crippen LogP contribution in [0.1, 0.15) is 29.8 Å². The largest absolute Gasteiger partial charge is 0.366 e. The summed E-state index contributed by atoms with van der Waals surface area (Å²) < 4.78 is 17.5. The van der Waals surface area contributed by atoms with Crippen molar-refractivity contribution in [3.05, 3.63) is 58.6 Å². The minimum Gasteiger partial charge on any atom is -0.366 e. The van der Waals surface area contributed by atoms with Gasteiger partial charge in [0.25, 0.3) is 5.91 Å². The van der Waals surface area contributed by atoms with E-state index in [-0.39, 0.29) is 5.75 Å². The van der Waals surface area contributed by atoms with Crippen molar-refractivity contribution >= 4 is 39.3 Å². The Balaban J connectivity index is 2.49. The summed E-state index contributed by atoms with van der Waals surface area (Å²) in [6, 6.07) is 12.0. The van der Waals surface area contributed by atoms with Crippen molar-refractivity contribution < 1.29 is 9.00 Å². The van der Waals surface area contributed by atoms with Crippen LogP contribution in [0.3, 0.4) is 0 Å². The zero-order chi connectivity index (χ0) is 20.0. The van der Waals surface area contributed by atoms with Crippen molar-refractivity contribution in [3.63, 3.8) is 0 Å². The molecule has 0 heterocycles. The third kappa shape index (κ3) is 5.17. The standard InChI is InChI=1S/C20H24ClN3O2S/c1-5-24(4)14-22-18-12-15(3)19(13-17(18)21)27(26,6-2)23-20(25)16-10-8-7-9-11-16/h7-14H,5-6H2,1-4H3. The molecule has 0 aromatic heterocycles. The van der Waals surface area contributed by atoms with Gasteiger partial charge in [0.1, 0.15) is 0 Å². The van der Waals surface area contributed by atoms with Crippen LogP contribution in [-0.2, 0) is 9.73 Å². The Bertz CT molecular complexity index is 965. The average Bonchev–Trinajstić information content (AvgIpc) is 2.68. The number of aryl methyl sites for hydroxylation is 1. The smallest absolute Gasteiger partial charge is 0.285 e. The van der Waals surface area contributed by atoms with E-state index >= 15 is 0 Å². The number of carbonyl (C=O) groups excluding carboxylic acids is 1. The lowest BCUT2D eigenvalue weighted by molar-refractivity contribution is 0.100. The first-order valence-corrected chi connectivity index (χ1v) is 10.8. The number of benzene rings is 2. The van der Waals surface area contributed by atoms with Crippen LogP contribution in [0.4, 0.5) is 5.69 Å². The number of rotatable bonds is 6. The number of aliphatic imine (C=N–C) groups is 1. The van der Waals surface area contributed by atoms with Crippen LogP contribution >= 0.6 is 11.6 Å². The Morgan fingerprint density at radius 1 is 1.22 bits per heavy atom. The maximum atomic E-state index is 13.4. The highest BCUT2D eigenvalue weighted by atomic mass is 35.5. The summed E-state index contributed by atoms with van der Waals surface area (Å²) >= 11 is 6.36. The summed E-state index contributed by atoms with van der Waals surface area (Å²) in [5, 5.41) is 0.375. The van der Waals surface area contributed by atoms with E-state index in [1.807, 2.05) is 31.9 Å². The summed E-state index contributed by atoms with van der Waals surface area (Å²) in [4.78, 5) is 19.2. The Morgan fingerprint density at radius 3 is 2.48 bits per heavy atom. The molecule has 5 nitrogen and oxygen atoms in total. The van der Waals surface area contributed by atoms with Gasteiger partial charge in [0.05, 0.1) is 31.7 Å². The molecule has 2 aromatic carbocycles. The third-order valence-electron chi connectivity index (χ3n) is 4.12. The summed E-state index contributed by atoms with van der Waals surface area (Å²) in [6.07, 6.45) is 1.70. The normalized spacial score (nSPS) is 13.4. The van der Waals surface area contributed by atoms with Gasteiger partial charge in [0.2, 0.25) is 0 Å². The minimum atomic E-state index is -2.93. The minimum absolute atomic E-state index is 0.212. The molecule has 0 bridgehead atoms. The molecule has 0 radical (unpaired) electrons. The zero-order valence-electron chi connectivity index (χ0n) is 16.0. The van der Waals surface area contributed by atoms with Crippen LogP contribution < -0.4 is 0 Å². The van der Waals surface area contributed by atoms with E-state index < -0.39 is 15.6 Å². The van der Waals surface area contributed by atoms with Crippen LogP contribution in [-0.4, -0.2) is 40.7 Å². The fraction of sp³-hybridized carbons (Fsp3) is 0.300. The second-order valence-electron chi connectivity index (χ2n) is 6.08. The number of halogens is 1. The van der Waals surface area contributed by atoms with Gasteiger partial charge in [0.15, 0.2) is 0 Å². The van der Waals surface area contributed by atoms with Crippen molar-refractivity contribution in [2.45, 2.75) is 25.7 Å². The fourth-order valence-corrected chi connectivity index (χ4v) is 4.42. The number of amides is 1. The number of carbonyl (C=O) groups is 1. The molecule has 0 N–H and O–H groups in total. The van der Waals surface area contributed by atoms with Gasteiger partial charge in [-0.25, -0.2) is 9.20 Å². The Morgan fingerprint density at radius 2 is 1.89 bits per heavy atom. The van der Waals surface area contributed by atoms with Gasteiger partial charge in [-0.05, 0) is 43.7 Å². The van der Waals surface area contributed by atoms with E-state index in [9.17, 15) is 9.00 Å². The number of hydrogen-bond donors (Lipinski definition) is 0. The van der Waals surface area contributed by atoms with E-state index in [0.29, 0.717) is 21.2 Å². The maximum absolute atomic E-state index is 13.4. The van der Waals surface area contributed by atoms with Gasteiger partial charge in [-0.15, -0.1) is 0 Å². The number of hydrogen-bond acceptors (Lipinski definition) is 3. The van der Waals surface area contributed by atoms with E-state index in [1.165, 1.54) is 0 Å². The first-order valence-electron chi connectivity index (χ1n) is 8.69. The van der Waals surface area contributed by atoms with Gasteiger partial charge >= 0.3 is 0 Å². The van der Waals surface area contributed by atoms with Gasteiger partial charge in [-0.1, -0.05) is 36.7 Å². The van der Waals surface area contributed by atoms with Crippen molar-refractivity contribution in [2.75, 3.05) is 19.3 Å². The average molecular weight is 406 g/mol. The molecule has 2 rings (SSSR count). The van der Waals surface area contributed by atoms with E-state index in [1.54, 1.807) is 49.7 Å². The maximum Gasteiger partial charge on any atom is 0.285 e. The molecule has 144 valence electrons. The monoisotopic (exact) mass is 405 g/mol. The SMILES string of the molecule is CCN(C)C=Nc1cc(C)c(S(=O)(CC)=NC(=O)c2ccccc2)cc1Cl. The van der Waals surface area contributed by atoms with Crippen molar-refractivity contribution in [1.29, 1.82) is 0 Å². The summed E-state index contributed by atoms with van der Waals surface area (Å²) in [5.41, 5.74) is 1.74. The molecule has 0 fully saturated rings. The van der Waals surface area contributed by atoms with Crippen LogP contribution in [0.25, 0.3) is 0 Å². The second-order valence-corrected chi connectivity index (χ2v) is 8.97. The Hall–Kier alpha value is -2.18. The summed E-state index contributed by atoms with van der Waals surface area (Å²) in [7, 11) is -1.02. The predicted octanol–water partition coefficient (Wildman–Crippen LogP) is 4.95. The number of nitrogens with zero attached hydrogens (tertiary/aromatic N) is 3. The molecule has 2 aromatic rings. The molecular formula is C20H24ClN3O2S. The van der Waals surface area contributed by atoms with Gasteiger partial charge in [-0.3, -0.25) is 4.79 Å². The van der Waals surface area contributed by atoms with Crippen LogP contribution in [0.2, 0.25) is 5.02 Å². The highest BCUT2D eigenvalue weighted by Crippen LogP contribution is 2.32. The first-order chi connectivity index (χ1) is 12.8. The van der Waals surface area contributed by atoms with Crippen LogP contribution in [0, 0.1) is 6.92 Å². The zero-order valence-corrected chi connectivity index (χ0v) is 17.5. The first kappa shape index (κ1) is 21.1. The van der Waals surface area contributed by atoms with E-state index in [0.717, 1.165) is 12.1 Å². The topological polar surface area (TPSA) is 62.1 Å². The molecule has 0 aliphatic heterocycles. The second kappa shape index (κ2) is 9.15. The van der Waals surface area contributed by atoms with Crippen molar-refractivity contribution in [2.24, 2.45) is 9.36 Å². The highest BCUT2D eigenvalue weighted by Gasteiger charge is 2.18. The van der Waals surface area contributed by atoms with Gasteiger partial charge in [0, 0.05) is 24.9 Å². The van der Waals surface area contributed by atoms with Gasteiger partial charge in [-0.2, -0.15) is 4.36 Å². The third-order valence-corrected chi connectivity index (χ3v) is 6.80. The van der Waals surface area contributed by atoms with Crippen molar-refractivity contribution in [1.82, 2.24) is 4.90 Å². The van der Waals surface area contributed by atoms with Crippen LogP contribution in [0.5, 0.6) is 0 Å². The van der Waals surface area contributed by atoms with Gasteiger partial charge < -0.3 is 4.90 Å². The lowest BCUT2D eigenvalue weighted by Crippen LogP contribution is -2.14. The molecule has 0 saturated carbocycles. The molecule has 0 spiro atoms. The van der Waals surface area contributed by atoms with Crippen molar-refractivity contribution in [3.8, 4) is 0 Å².